The zero-order chi connectivity index (χ0) is 22.4. The first kappa shape index (κ1) is 24.3. The second-order valence-electron chi connectivity index (χ2n) is 6.56. The van der Waals surface area contributed by atoms with Gasteiger partial charge in [0, 0.05) is 21.5 Å². The van der Waals surface area contributed by atoms with Crippen LogP contribution in [0.3, 0.4) is 0 Å². The number of aromatic hydroxyl groups is 1. The van der Waals surface area contributed by atoms with E-state index in [1.54, 1.807) is 18.2 Å². The van der Waals surface area contributed by atoms with Crippen LogP contribution in [-0.2, 0) is 20.2 Å². The molecule has 0 saturated heterocycles. The van der Waals surface area contributed by atoms with Gasteiger partial charge in [-0.05, 0) is 24.3 Å². The Bertz CT molecular complexity index is 1610. The van der Waals surface area contributed by atoms with Gasteiger partial charge in [0.15, 0.2) is 5.75 Å². The standard InChI is InChI=1S/C20H14N2O7S2.Na.H/c23-20-15-6-3-7-18(30(24,25)26)14(15)8-9-17(20)22-21-16-10-11-19(31(27,28)29)13-5-2-1-4-12(13)16;;/h1-11,23H,(H,24,25,26)(H,27,28,29);;/q;+1;-1. The zero-order valence-electron chi connectivity index (χ0n) is 17.5. The van der Waals surface area contributed by atoms with Gasteiger partial charge in [0.2, 0.25) is 0 Å². The summed E-state index contributed by atoms with van der Waals surface area (Å²) in [6.45, 7) is 0. The summed E-state index contributed by atoms with van der Waals surface area (Å²) in [5.74, 6) is -0.342. The molecule has 4 aromatic rings. The fourth-order valence-corrected chi connectivity index (χ4v) is 4.68. The van der Waals surface area contributed by atoms with E-state index in [1.165, 1.54) is 48.5 Å². The molecule has 0 aliphatic rings. The van der Waals surface area contributed by atoms with Crippen LogP contribution in [0.25, 0.3) is 21.5 Å². The first-order valence-electron chi connectivity index (χ1n) is 8.70. The molecule has 0 atom stereocenters. The Morgan fingerprint density at radius 3 is 1.75 bits per heavy atom. The molecule has 32 heavy (non-hydrogen) atoms. The first-order chi connectivity index (χ1) is 14.6. The van der Waals surface area contributed by atoms with Gasteiger partial charge in [-0.2, -0.15) is 16.8 Å². The zero-order valence-corrected chi connectivity index (χ0v) is 20.2. The average molecular weight is 482 g/mol. The van der Waals surface area contributed by atoms with Gasteiger partial charge >= 0.3 is 29.6 Å². The number of hydrogen-bond acceptors (Lipinski definition) is 7. The van der Waals surface area contributed by atoms with Gasteiger partial charge < -0.3 is 6.53 Å². The normalized spacial score (nSPS) is 12.3. The van der Waals surface area contributed by atoms with Crippen LogP contribution in [0.1, 0.15) is 1.43 Å². The molecule has 0 heterocycles. The van der Waals surface area contributed by atoms with E-state index in [1.807, 2.05) is 0 Å². The maximum Gasteiger partial charge on any atom is 1.00 e. The minimum atomic E-state index is -4.49. The Balaban J connectivity index is 0.00000193. The summed E-state index contributed by atoms with van der Waals surface area (Å²) in [7, 11) is -8.93. The second kappa shape index (κ2) is 8.87. The number of fused-ring (bicyclic) bond motifs is 2. The summed E-state index contributed by atoms with van der Waals surface area (Å²) in [4.78, 5) is -0.621. The van der Waals surface area contributed by atoms with Crippen LogP contribution in [0.5, 0.6) is 5.75 Å². The molecule has 3 N–H and O–H groups in total. The van der Waals surface area contributed by atoms with Gasteiger partial charge in [-0.3, -0.25) is 9.11 Å². The van der Waals surface area contributed by atoms with Crippen LogP contribution in [0.2, 0.25) is 0 Å². The van der Waals surface area contributed by atoms with Crippen LogP contribution in [0, 0.1) is 0 Å². The molecule has 0 unspecified atom stereocenters. The molecule has 0 aromatic heterocycles. The first-order valence-corrected chi connectivity index (χ1v) is 11.6. The summed E-state index contributed by atoms with van der Waals surface area (Å²) in [6, 6.07) is 15.7. The largest absolute Gasteiger partial charge is 1.00 e. The number of phenols is 1. The van der Waals surface area contributed by atoms with E-state index in [4.69, 9.17) is 0 Å². The SMILES string of the molecule is O=S(=O)(O)c1ccc(N=Nc2ccc3c(S(=O)(=O)O)cccc3c2O)c2ccccc12.[H-].[Na+]. The van der Waals surface area contributed by atoms with Crippen molar-refractivity contribution in [1.82, 2.24) is 0 Å². The van der Waals surface area contributed by atoms with Gasteiger partial charge in [-0.25, -0.2) is 0 Å². The van der Waals surface area contributed by atoms with Crippen LogP contribution >= 0.6 is 0 Å². The summed E-state index contributed by atoms with van der Waals surface area (Å²) in [5, 5.41) is 19.6. The molecule has 4 aromatic carbocycles. The van der Waals surface area contributed by atoms with Gasteiger partial charge in [0.25, 0.3) is 20.2 Å². The monoisotopic (exact) mass is 482 g/mol. The van der Waals surface area contributed by atoms with E-state index in [0.29, 0.717) is 5.39 Å². The fraction of sp³-hybridized carbons (Fsp3) is 0. The van der Waals surface area contributed by atoms with Crippen molar-refractivity contribution in [2.75, 3.05) is 0 Å². The quantitative estimate of drug-likeness (QED) is 0.227. The topological polar surface area (TPSA) is 154 Å². The van der Waals surface area contributed by atoms with Gasteiger partial charge in [0.05, 0.1) is 5.69 Å². The van der Waals surface area contributed by atoms with Gasteiger partial charge in [0.1, 0.15) is 15.5 Å². The summed E-state index contributed by atoms with van der Waals surface area (Å²) >= 11 is 0. The molecule has 0 radical (unpaired) electrons. The van der Waals surface area contributed by atoms with Gasteiger partial charge in [-0.15, -0.1) is 10.2 Å². The molecule has 0 aliphatic carbocycles. The minimum absolute atomic E-state index is 0. The van der Waals surface area contributed by atoms with Crippen LogP contribution < -0.4 is 29.6 Å². The number of hydrogen-bond donors (Lipinski definition) is 3. The van der Waals surface area contributed by atoms with Crippen molar-refractivity contribution in [3.05, 3.63) is 66.7 Å². The Morgan fingerprint density at radius 2 is 1.09 bits per heavy atom. The van der Waals surface area contributed by atoms with Crippen molar-refractivity contribution in [3.8, 4) is 5.75 Å². The maximum absolute atomic E-state index is 11.6. The molecule has 0 saturated carbocycles. The van der Waals surface area contributed by atoms with E-state index in [2.05, 4.69) is 10.2 Å². The number of rotatable bonds is 4. The summed E-state index contributed by atoms with van der Waals surface area (Å²) < 4.78 is 65.1. The second-order valence-corrected chi connectivity index (χ2v) is 9.34. The predicted molar refractivity (Wildman–Crippen MR) is 114 cm³/mol. The number of benzene rings is 4. The molecule has 0 bridgehead atoms. The Labute approximate surface area is 206 Å². The average Bonchev–Trinajstić information content (AvgIpc) is 2.71. The van der Waals surface area contributed by atoms with Crippen LogP contribution in [0.15, 0.2) is 86.7 Å². The Hall–Kier alpha value is -2.38. The summed E-state index contributed by atoms with van der Waals surface area (Å²) in [5.41, 5.74) is 0.317. The minimum Gasteiger partial charge on any atom is -1.00 e. The molecule has 0 fully saturated rings. The predicted octanol–water partition coefficient (Wildman–Crippen LogP) is 1.72. The molecular weight excluding hydrogens is 467 g/mol. The van der Waals surface area contributed by atoms with Crippen molar-refractivity contribution in [1.29, 1.82) is 0 Å². The Kier molecular flexibility index (Phi) is 6.72. The van der Waals surface area contributed by atoms with Crippen molar-refractivity contribution in [2.45, 2.75) is 9.79 Å². The molecule has 0 aliphatic heterocycles. The van der Waals surface area contributed by atoms with Crippen molar-refractivity contribution in [2.24, 2.45) is 10.2 Å². The summed E-state index contributed by atoms with van der Waals surface area (Å²) in [6.07, 6.45) is 0. The van der Waals surface area contributed by atoms with Crippen molar-refractivity contribution < 1.29 is 62.0 Å². The van der Waals surface area contributed by atoms with Gasteiger partial charge in [-0.1, -0.05) is 42.5 Å². The van der Waals surface area contributed by atoms with E-state index in [-0.39, 0.29) is 74.1 Å². The van der Waals surface area contributed by atoms with E-state index in [9.17, 15) is 31.0 Å². The van der Waals surface area contributed by atoms with Crippen LogP contribution in [-0.4, -0.2) is 31.0 Å². The van der Waals surface area contributed by atoms with E-state index < -0.39 is 20.2 Å². The molecule has 12 heteroatoms. The van der Waals surface area contributed by atoms with E-state index in [0.717, 1.165) is 0 Å². The molecule has 9 nitrogen and oxygen atoms in total. The van der Waals surface area contributed by atoms with Crippen LogP contribution in [0.4, 0.5) is 11.4 Å². The molecule has 0 amide bonds. The number of nitrogens with zero attached hydrogens (tertiary/aromatic N) is 2. The fourth-order valence-electron chi connectivity index (χ4n) is 3.28. The number of azo groups is 1. The molecule has 160 valence electrons. The Morgan fingerprint density at radius 1 is 0.594 bits per heavy atom. The van der Waals surface area contributed by atoms with Crippen molar-refractivity contribution >= 4 is 53.2 Å². The molecular formula is C20H15N2NaO7S2. The molecule has 0 spiro atoms. The smallest absolute Gasteiger partial charge is 1.00 e. The maximum atomic E-state index is 11.6. The molecule has 4 rings (SSSR count). The third kappa shape index (κ3) is 4.55. The number of phenolic OH excluding ortho intramolecular Hbond substituents is 1. The van der Waals surface area contributed by atoms with Crippen molar-refractivity contribution in [3.63, 3.8) is 0 Å². The third-order valence-corrected chi connectivity index (χ3v) is 6.48. The third-order valence-electron chi connectivity index (χ3n) is 4.65. The van der Waals surface area contributed by atoms with E-state index >= 15 is 0 Å².